The first-order valence-corrected chi connectivity index (χ1v) is 11.0. The van der Waals surface area contributed by atoms with Crippen LogP contribution < -0.4 is 15.1 Å². The van der Waals surface area contributed by atoms with Crippen molar-refractivity contribution in [3.05, 3.63) is 58.4 Å². The summed E-state index contributed by atoms with van der Waals surface area (Å²) in [6, 6.07) is 10.5. The Hall–Kier alpha value is -3.08. The van der Waals surface area contributed by atoms with Crippen LogP contribution in [0.15, 0.2) is 51.7 Å². The summed E-state index contributed by atoms with van der Waals surface area (Å²) in [7, 11) is 0. The summed E-state index contributed by atoms with van der Waals surface area (Å²) in [5, 5.41) is 0.711. The molecule has 0 unspecified atom stereocenters. The van der Waals surface area contributed by atoms with E-state index in [0.717, 1.165) is 45.0 Å². The minimum atomic E-state index is -4.78. The van der Waals surface area contributed by atoms with Crippen LogP contribution in [0, 0.1) is 0 Å². The Morgan fingerprint density at radius 1 is 0.971 bits per heavy atom. The van der Waals surface area contributed by atoms with Crippen LogP contribution in [0.4, 0.5) is 13.2 Å². The first-order chi connectivity index (χ1) is 16.4. The average Bonchev–Trinajstić information content (AvgIpc) is 2.82. The van der Waals surface area contributed by atoms with Crippen LogP contribution >= 0.6 is 0 Å². The standard InChI is InChI=1S/C24H23F3N2O5/c25-24(26,27)34-18-4-1-16(2-5-18)19-13-17-3-6-21-20(22(17)33-23(19)30)14-29(15-32-21)8-7-28-9-11-31-12-10-28/h1-6,13H,7-12,14-15H2. The van der Waals surface area contributed by atoms with Gasteiger partial charge in [-0.05, 0) is 35.9 Å². The van der Waals surface area contributed by atoms with Gasteiger partial charge in [-0.3, -0.25) is 9.80 Å². The molecule has 0 amide bonds. The van der Waals surface area contributed by atoms with Gasteiger partial charge < -0.3 is 18.6 Å². The SMILES string of the molecule is O=c1oc2c3c(ccc2cc1-c1ccc(OC(F)(F)F)cc1)OCN(CCN1CCOCC1)C3. The lowest BCUT2D eigenvalue weighted by Crippen LogP contribution is -2.43. The molecule has 5 rings (SSSR count). The number of rotatable bonds is 5. The van der Waals surface area contributed by atoms with Crippen molar-refractivity contribution in [2.75, 3.05) is 46.1 Å². The zero-order valence-corrected chi connectivity index (χ0v) is 18.3. The van der Waals surface area contributed by atoms with Gasteiger partial charge in [-0.1, -0.05) is 12.1 Å². The summed E-state index contributed by atoms with van der Waals surface area (Å²) >= 11 is 0. The minimum Gasteiger partial charge on any atom is -0.478 e. The highest BCUT2D eigenvalue weighted by Crippen LogP contribution is 2.33. The number of morpholine rings is 1. The molecule has 0 N–H and O–H groups in total. The maximum atomic E-state index is 12.8. The third kappa shape index (κ3) is 5.03. The van der Waals surface area contributed by atoms with Gasteiger partial charge in [-0.15, -0.1) is 13.2 Å². The number of ether oxygens (including phenoxy) is 3. The van der Waals surface area contributed by atoms with Crippen molar-refractivity contribution in [1.82, 2.24) is 9.80 Å². The number of nitrogens with zero attached hydrogens (tertiary/aromatic N) is 2. The molecule has 0 spiro atoms. The predicted molar refractivity (Wildman–Crippen MR) is 118 cm³/mol. The highest BCUT2D eigenvalue weighted by molar-refractivity contribution is 5.86. The summed E-state index contributed by atoms with van der Waals surface area (Å²) < 4.78 is 58.1. The molecule has 180 valence electrons. The Kier molecular flexibility index (Phi) is 6.20. The molecule has 0 bridgehead atoms. The molecule has 7 nitrogen and oxygen atoms in total. The van der Waals surface area contributed by atoms with Gasteiger partial charge in [0.15, 0.2) is 0 Å². The quantitative estimate of drug-likeness (QED) is 0.519. The van der Waals surface area contributed by atoms with E-state index in [1.807, 2.05) is 12.1 Å². The van der Waals surface area contributed by atoms with Gasteiger partial charge >= 0.3 is 12.0 Å². The van der Waals surface area contributed by atoms with Crippen molar-refractivity contribution in [2.24, 2.45) is 0 Å². The minimum absolute atomic E-state index is 0.256. The predicted octanol–water partition coefficient (Wildman–Crippen LogP) is 3.84. The highest BCUT2D eigenvalue weighted by Gasteiger charge is 2.31. The smallest absolute Gasteiger partial charge is 0.478 e. The fourth-order valence-electron chi connectivity index (χ4n) is 4.23. The second-order valence-electron chi connectivity index (χ2n) is 8.26. The number of alkyl halides is 3. The van der Waals surface area contributed by atoms with Crippen molar-refractivity contribution in [3.8, 4) is 22.6 Å². The van der Waals surface area contributed by atoms with Crippen molar-refractivity contribution >= 4 is 11.0 Å². The molecule has 2 aliphatic heterocycles. The highest BCUT2D eigenvalue weighted by atomic mass is 19.4. The molecular weight excluding hydrogens is 453 g/mol. The van der Waals surface area contributed by atoms with Crippen LogP contribution in [0.2, 0.25) is 0 Å². The van der Waals surface area contributed by atoms with Crippen LogP contribution in [0.3, 0.4) is 0 Å². The van der Waals surface area contributed by atoms with Gasteiger partial charge in [-0.25, -0.2) is 4.79 Å². The molecule has 34 heavy (non-hydrogen) atoms. The fourth-order valence-corrected chi connectivity index (χ4v) is 4.23. The van der Waals surface area contributed by atoms with Gasteiger partial charge in [0.25, 0.3) is 0 Å². The van der Waals surface area contributed by atoms with Crippen LogP contribution in [0.25, 0.3) is 22.1 Å². The summed E-state index contributed by atoms with van der Waals surface area (Å²) in [5.74, 6) is 0.324. The van der Waals surface area contributed by atoms with Crippen LogP contribution in [-0.2, 0) is 11.3 Å². The lowest BCUT2D eigenvalue weighted by molar-refractivity contribution is -0.274. The zero-order valence-electron chi connectivity index (χ0n) is 18.3. The van der Waals surface area contributed by atoms with Crippen molar-refractivity contribution in [2.45, 2.75) is 12.9 Å². The van der Waals surface area contributed by atoms with E-state index in [1.165, 1.54) is 24.3 Å². The molecule has 2 aliphatic rings. The Balaban J connectivity index is 1.37. The summed E-state index contributed by atoms with van der Waals surface area (Å²) in [5.41, 5.74) is 1.39. The molecule has 0 saturated carbocycles. The number of benzene rings is 2. The Labute approximate surface area is 193 Å². The van der Waals surface area contributed by atoms with E-state index >= 15 is 0 Å². The van der Waals surface area contributed by atoms with Gasteiger partial charge in [-0.2, -0.15) is 0 Å². The van der Waals surface area contributed by atoms with E-state index in [2.05, 4.69) is 14.5 Å². The third-order valence-electron chi connectivity index (χ3n) is 5.98. The first kappa shape index (κ1) is 22.7. The molecule has 1 saturated heterocycles. The molecule has 1 aromatic heterocycles. The summed E-state index contributed by atoms with van der Waals surface area (Å²) in [6.45, 7) is 6.06. The maximum absolute atomic E-state index is 12.8. The average molecular weight is 476 g/mol. The fraction of sp³-hybridized carbons (Fsp3) is 0.375. The molecule has 10 heteroatoms. The normalized spacial score (nSPS) is 17.4. The molecule has 3 aromatic rings. The molecule has 2 aromatic carbocycles. The van der Waals surface area contributed by atoms with E-state index in [4.69, 9.17) is 13.9 Å². The van der Waals surface area contributed by atoms with Gasteiger partial charge in [0, 0.05) is 38.1 Å². The van der Waals surface area contributed by atoms with E-state index < -0.39 is 12.0 Å². The molecule has 0 aliphatic carbocycles. The van der Waals surface area contributed by atoms with Gasteiger partial charge in [0.05, 0.1) is 24.3 Å². The molecule has 3 heterocycles. The number of fused-ring (bicyclic) bond motifs is 3. The van der Waals surface area contributed by atoms with Crippen molar-refractivity contribution < 1.29 is 31.8 Å². The van der Waals surface area contributed by atoms with E-state index in [-0.39, 0.29) is 11.3 Å². The van der Waals surface area contributed by atoms with Crippen molar-refractivity contribution in [3.63, 3.8) is 0 Å². The summed E-state index contributed by atoms with van der Waals surface area (Å²) in [6.07, 6.45) is -4.78. The molecule has 0 radical (unpaired) electrons. The van der Waals surface area contributed by atoms with E-state index in [9.17, 15) is 18.0 Å². The Bertz CT molecular complexity index is 1220. The molecule has 0 atom stereocenters. The second-order valence-corrected chi connectivity index (χ2v) is 8.26. The van der Waals surface area contributed by atoms with Gasteiger partial charge in [0.2, 0.25) is 0 Å². The number of hydrogen-bond acceptors (Lipinski definition) is 7. The topological polar surface area (TPSA) is 64.4 Å². The number of halogens is 3. The monoisotopic (exact) mass is 476 g/mol. The van der Waals surface area contributed by atoms with E-state index in [0.29, 0.717) is 35.6 Å². The first-order valence-electron chi connectivity index (χ1n) is 11.0. The van der Waals surface area contributed by atoms with E-state index in [1.54, 1.807) is 6.07 Å². The van der Waals surface area contributed by atoms with Crippen LogP contribution in [-0.4, -0.2) is 62.3 Å². The van der Waals surface area contributed by atoms with Crippen LogP contribution in [0.5, 0.6) is 11.5 Å². The zero-order chi connectivity index (χ0) is 23.7. The lowest BCUT2D eigenvalue weighted by atomic mass is 10.0. The van der Waals surface area contributed by atoms with Gasteiger partial charge in [0.1, 0.15) is 23.8 Å². The van der Waals surface area contributed by atoms with Crippen molar-refractivity contribution in [1.29, 1.82) is 0 Å². The van der Waals surface area contributed by atoms with Crippen LogP contribution in [0.1, 0.15) is 5.56 Å². The second kappa shape index (κ2) is 9.28. The number of hydrogen-bond donors (Lipinski definition) is 0. The molecular formula is C24H23F3N2O5. The Morgan fingerprint density at radius 2 is 1.71 bits per heavy atom. The maximum Gasteiger partial charge on any atom is 0.573 e. The molecule has 1 fully saturated rings. The summed E-state index contributed by atoms with van der Waals surface area (Å²) in [4.78, 5) is 17.3. The largest absolute Gasteiger partial charge is 0.573 e. The Morgan fingerprint density at radius 3 is 2.44 bits per heavy atom. The lowest BCUT2D eigenvalue weighted by Gasteiger charge is -2.32. The third-order valence-corrected chi connectivity index (χ3v) is 5.98.